The molecule has 0 amide bonds. The molecule has 3 nitrogen and oxygen atoms in total. The van der Waals surface area contributed by atoms with Gasteiger partial charge in [0.15, 0.2) is 0 Å². The Morgan fingerprint density at radius 2 is 0.912 bits per heavy atom. The molecule has 12 rings (SSSR count). The highest BCUT2D eigenvalue weighted by Gasteiger charge is 2.45. The molecule has 80 heavy (non-hydrogen) atoms. The molecule has 0 fully saturated rings. The zero-order valence-electron chi connectivity index (χ0n) is 50.7. The van der Waals surface area contributed by atoms with Crippen LogP contribution in [-0.4, -0.2) is 6.71 Å². The van der Waals surface area contributed by atoms with Crippen molar-refractivity contribution in [2.24, 2.45) is 0 Å². The van der Waals surface area contributed by atoms with E-state index in [4.69, 9.17) is 0 Å². The molecule has 2 heterocycles. The minimum atomic E-state index is -0.156. The molecule has 0 N–H and O–H groups in total. The summed E-state index contributed by atoms with van der Waals surface area (Å²) in [7, 11) is 0. The van der Waals surface area contributed by atoms with Crippen molar-refractivity contribution in [3.8, 4) is 22.3 Å². The fourth-order valence-electron chi connectivity index (χ4n) is 13.4. The Bertz CT molecular complexity index is 3920. The van der Waals surface area contributed by atoms with Gasteiger partial charge >= 0.3 is 0 Å². The van der Waals surface area contributed by atoms with Crippen LogP contribution in [0.3, 0.4) is 0 Å². The molecule has 4 heteroatoms. The number of nitrogens with zero attached hydrogens (tertiary/aromatic N) is 3. The van der Waals surface area contributed by atoms with Gasteiger partial charge in [-0.1, -0.05) is 206 Å². The lowest BCUT2D eigenvalue weighted by atomic mass is 9.33. The van der Waals surface area contributed by atoms with Gasteiger partial charge in [0.25, 0.3) is 6.71 Å². The summed E-state index contributed by atoms with van der Waals surface area (Å²) in [6, 6.07) is 68.6. The lowest BCUT2D eigenvalue weighted by Gasteiger charge is -2.45. The minimum Gasteiger partial charge on any atom is -0.311 e. The van der Waals surface area contributed by atoms with E-state index in [0.717, 1.165) is 17.1 Å². The number of anilines is 9. The van der Waals surface area contributed by atoms with Crippen molar-refractivity contribution in [3.63, 3.8) is 0 Å². The van der Waals surface area contributed by atoms with Gasteiger partial charge in [-0.2, -0.15) is 0 Å². The van der Waals surface area contributed by atoms with Gasteiger partial charge in [-0.25, -0.2) is 0 Å². The molecule has 402 valence electrons. The first kappa shape index (κ1) is 53.1. The second-order valence-electron chi connectivity index (χ2n) is 28.2. The van der Waals surface area contributed by atoms with Crippen LogP contribution in [-0.2, 0) is 27.1 Å². The molecule has 0 saturated heterocycles. The van der Waals surface area contributed by atoms with Gasteiger partial charge in [-0.3, -0.25) is 0 Å². The highest BCUT2D eigenvalue weighted by Crippen LogP contribution is 2.54. The second-order valence-corrected chi connectivity index (χ2v) is 28.2. The SMILES string of the molecule is Cc1cc2c3c(c1)N(c1ccc(C(C)(C)C)cc1-c1ccccc1)c1cc(N(c4ccc(C(C)(C)C)cc4)c4c(C)cc(C(C)(C)C)cc4C)ccc1B3c1ccc(C(C)(C)C)cc1N2c1ccc2c(c1)C(C)(C)c1ccccc1-2. The molecule has 0 spiro atoms. The third-order valence-electron chi connectivity index (χ3n) is 17.9. The number of fused-ring (bicyclic) bond motifs is 7. The summed E-state index contributed by atoms with van der Waals surface area (Å²) in [5.41, 5.74) is 31.2. The highest BCUT2D eigenvalue weighted by molar-refractivity contribution is 7.00. The quantitative estimate of drug-likeness (QED) is 0.154. The van der Waals surface area contributed by atoms with Crippen LogP contribution in [0.2, 0.25) is 0 Å². The van der Waals surface area contributed by atoms with Crippen LogP contribution in [0.15, 0.2) is 176 Å². The van der Waals surface area contributed by atoms with Crippen molar-refractivity contribution in [2.75, 3.05) is 14.7 Å². The van der Waals surface area contributed by atoms with Crippen molar-refractivity contribution in [2.45, 2.75) is 145 Å². The van der Waals surface area contributed by atoms with Gasteiger partial charge in [0.05, 0.1) is 11.4 Å². The Balaban J connectivity index is 1.17. The van der Waals surface area contributed by atoms with Crippen molar-refractivity contribution in [1.29, 1.82) is 0 Å². The first-order chi connectivity index (χ1) is 37.7. The van der Waals surface area contributed by atoms with Gasteiger partial charge in [-0.15, -0.1) is 0 Å². The lowest BCUT2D eigenvalue weighted by molar-refractivity contribution is 0.589. The molecular weight excluding hydrogens is 966 g/mol. The molecule has 0 aromatic heterocycles. The smallest absolute Gasteiger partial charge is 0.252 e. The number of hydrogen-bond acceptors (Lipinski definition) is 3. The van der Waals surface area contributed by atoms with Crippen molar-refractivity contribution < 1.29 is 0 Å². The van der Waals surface area contributed by atoms with E-state index >= 15 is 0 Å². The predicted octanol–water partition coefficient (Wildman–Crippen LogP) is 19.3. The maximum Gasteiger partial charge on any atom is 0.252 e. The number of rotatable bonds is 6. The summed E-state index contributed by atoms with van der Waals surface area (Å²) in [5, 5.41) is 0. The van der Waals surface area contributed by atoms with Crippen molar-refractivity contribution >= 4 is 74.3 Å². The summed E-state index contributed by atoms with van der Waals surface area (Å²) < 4.78 is 0. The molecule has 0 saturated carbocycles. The van der Waals surface area contributed by atoms with Crippen molar-refractivity contribution in [3.05, 3.63) is 226 Å². The zero-order chi connectivity index (χ0) is 56.7. The molecule has 9 aromatic rings. The Morgan fingerprint density at radius 3 is 1.55 bits per heavy atom. The normalized spacial score (nSPS) is 14.3. The lowest BCUT2D eigenvalue weighted by Crippen LogP contribution is -2.61. The number of aryl methyl sites for hydroxylation is 3. The molecule has 0 unspecified atom stereocenters. The van der Waals surface area contributed by atoms with Gasteiger partial charge in [-0.05, 0) is 192 Å². The van der Waals surface area contributed by atoms with Gasteiger partial charge in [0.1, 0.15) is 0 Å². The van der Waals surface area contributed by atoms with E-state index in [1.807, 2.05) is 0 Å². The average molecular weight is 1050 g/mol. The summed E-state index contributed by atoms with van der Waals surface area (Å²) in [6.45, 7) is 39.6. The van der Waals surface area contributed by atoms with E-state index in [2.05, 4.69) is 308 Å². The molecule has 1 aliphatic carbocycles. The van der Waals surface area contributed by atoms with E-state index in [1.165, 1.54) is 123 Å². The van der Waals surface area contributed by atoms with Crippen LogP contribution in [0, 0.1) is 20.8 Å². The summed E-state index contributed by atoms with van der Waals surface area (Å²) in [4.78, 5) is 7.81. The van der Waals surface area contributed by atoms with E-state index in [0.29, 0.717) is 0 Å². The topological polar surface area (TPSA) is 9.72 Å². The largest absolute Gasteiger partial charge is 0.311 e. The van der Waals surface area contributed by atoms with E-state index in [1.54, 1.807) is 0 Å². The molecule has 3 aliphatic rings. The minimum absolute atomic E-state index is 0.00539. The molecule has 9 aromatic carbocycles. The highest BCUT2D eigenvalue weighted by atomic mass is 15.2. The number of hydrogen-bond donors (Lipinski definition) is 0. The Labute approximate surface area is 479 Å². The van der Waals surface area contributed by atoms with Crippen molar-refractivity contribution in [1.82, 2.24) is 0 Å². The fourth-order valence-corrected chi connectivity index (χ4v) is 13.4. The maximum atomic E-state index is 2.65. The molecular formula is C76H80BN3. The van der Waals surface area contributed by atoms with Gasteiger partial charge < -0.3 is 14.7 Å². The summed E-state index contributed by atoms with van der Waals surface area (Å²) in [5.74, 6) is 0. The third kappa shape index (κ3) is 8.71. The van der Waals surface area contributed by atoms with Gasteiger partial charge in [0, 0.05) is 50.8 Å². The van der Waals surface area contributed by atoms with E-state index < -0.39 is 0 Å². The second kappa shape index (κ2) is 18.5. The summed E-state index contributed by atoms with van der Waals surface area (Å²) >= 11 is 0. The Kier molecular flexibility index (Phi) is 12.3. The molecule has 0 bridgehead atoms. The summed E-state index contributed by atoms with van der Waals surface area (Å²) in [6.07, 6.45) is 0. The van der Waals surface area contributed by atoms with Crippen LogP contribution < -0.4 is 31.1 Å². The molecule has 2 aliphatic heterocycles. The first-order valence-electron chi connectivity index (χ1n) is 29.2. The van der Waals surface area contributed by atoms with E-state index in [-0.39, 0.29) is 33.8 Å². The molecule has 0 radical (unpaired) electrons. The van der Waals surface area contributed by atoms with E-state index in [9.17, 15) is 0 Å². The Morgan fingerprint density at radius 1 is 0.388 bits per heavy atom. The number of benzene rings is 9. The zero-order valence-corrected chi connectivity index (χ0v) is 50.7. The van der Waals surface area contributed by atoms with Gasteiger partial charge in [0.2, 0.25) is 0 Å². The van der Waals surface area contributed by atoms with Crippen LogP contribution >= 0.6 is 0 Å². The molecule has 0 atom stereocenters. The monoisotopic (exact) mass is 1050 g/mol. The van der Waals surface area contributed by atoms with Crippen LogP contribution in [0.1, 0.15) is 147 Å². The maximum absolute atomic E-state index is 2.65. The first-order valence-corrected chi connectivity index (χ1v) is 29.2. The fraction of sp³-hybridized carbons (Fsp3) is 0.289. The predicted molar refractivity (Wildman–Crippen MR) is 347 cm³/mol. The Hall–Kier alpha value is -7.56. The average Bonchev–Trinajstić information content (AvgIpc) is 3.81. The van der Waals surface area contributed by atoms with Crippen LogP contribution in [0.5, 0.6) is 0 Å². The van der Waals surface area contributed by atoms with Crippen LogP contribution in [0.25, 0.3) is 22.3 Å². The standard InChI is InChI=1S/C76H80BN3/c1-47-39-68-70-69(40-47)80(65-38-30-52(73(7,8)9)43-60(65)50-23-19-18-20-24-50)67-46-57(78(55-31-27-51(28-32-55)72(4,5)6)71-48(2)41-54(42-49(71)3)75(13,14)15)34-37-64(67)77(70)63-36-29-53(74(10,11)12)44-66(63)79(68)56-33-35-59-58-25-21-22-26-61(58)76(16,17)62(59)45-56/h18-46H,1-17H3. The third-order valence-corrected chi connectivity index (χ3v) is 17.9. The van der Waals surface area contributed by atoms with Crippen LogP contribution in [0.4, 0.5) is 51.2 Å².